The van der Waals surface area contributed by atoms with Gasteiger partial charge in [0.2, 0.25) is 0 Å². The lowest BCUT2D eigenvalue weighted by Gasteiger charge is -2.23. The molecular formula is C16H24BrN3. The molecule has 20 heavy (non-hydrogen) atoms. The van der Waals surface area contributed by atoms with E-state index < -0.39 is 0 Å². The Kier molecular flexibility index (Phi) is 7.04. The van der Waals surface area contributed by atoms with E-state index in [9.17, 15) is 0 Å². The van der Waals surface area contributed by atoms with Gasteiger partial charge in [0.25, 0.3) is 0 Å². The lowest BCUT2D eigenvalue weighted by Crippen LogP contribution is -2.24. The van der Waals surface area contributed by atoms with Crippen molar-refractivity contribution < 1.29 is 0 Å². The van der Waals surface area contributed by atoms with Gasteiger partial charge in [-0.2, -0.15) is 5.26 Å². The van der Waals surface area contributed by atoms with Gasteiger partial charge in [0, 0.05) is 24.1 Å². The lowest BCUT2D eigenvalue weighted by atomic mass is 10.1. The monoisotopic (exact) mass is 337 g/mol. The van der Waals surface area contributed by atoms with E-state index in [-0.39, 0.29) is 5.92 Å². The Balaban J connectivity index is 2.80. The number of nitrogens with one attached hydrogen (secondary N) is 1. The fourth-order valence-corrected chi connectivity index (χ4v) is 2.83. The summed E-state index contributed by atoms with van der Waals surface area (Å²) in [6.45, 7) is 8.05. The maximum atomic E-state index is 8.90. The molecule has 1 aromatic carbocycles. The highest BCUT2D eigenvalue weighted by molar-refractivity contribution is 9.10. The van der Waals surface area contributed by atoms with Gasteiger partial charge in [-0.25, -0.2) is 0 Å². The third-order valence-corrected chi connectivity index (χ3v) is 3.99. The van der Waals surface area contributed by atoms with Gasteiger partial charge in [0.05, 0.1) is 17.7 Å². The first-order valence-electron chi connectivity index (χ1n) is 7.13. The van der Waals surface area contributed by atoms with Crippen LogP contribution in [0.15, 0.2) is 22.7 Å². The average Bonchev–Trinajstić information content (AvgIpc) is 2.44. The smallest absolute Gasteiger partial charge is 0.0671 e. The molecule has 0 bridgehead atoms. The van der Waals surface area contributed by atoms with Crippen molar-refractivity contribution in [2.24, 2.45) is 5.92 Å². The molecule has 3 nitrogen and oxygen atoms in total. The molecule has 1 rings (SSSR count). The number of rotatable bonds is 7. The molecule has 0 spiro atoms. The molecule has 0 saturated heterocycles. The SMILES string of the molecule is CCCNC(C)c1ccc(N(C)CC(C)C#N)c(Br)c1. The predicted octanol–water partition coefficient (Wildman–Crippen LogP) is 4.11. The van der Waals surface area contributed by atoms with Gasteiger partial charge in [-0.3, -0.25) is 0 Å². The summed E-state index contributed by atoms with van der Waals surface area (Å²) in [5.41, 5.74) is 2.40. The van der Waals surface area contributed by atoms with Gasteiger partial charge >= 0.3 is 0 Å². The molecule has 2 atom stereocenters. The Bertz CT molecular complexity index is 467. The molecule has 0 aliphatic carbocycles. The molecule has 0 radical (unpaired) electrons. The van der Waals surface area contributed by atoms with Crippen LogP contribution in [0.25, 0.3) is 0 Å². The van der Waals surface area contributed by atoms with Gasteiger partial charge < -0.3 is 10.2 Å². The van der Waals surface area contributed by atoms with Crippen molar-refractivity contribution in [3.05, 3.63) is 28.2 Å². The first kappa shape index (κ1) is 17.0. The van der Waals surface area contributed by atoms with E-state index in [1.54, 1.807) is 0 Å². The van der Waals surface area contributed by atoms with Crippen molar-refractivity contribution in [1.82, 2.24) is 5.32 Å². The van der Waals surface area contributed by atoms with Gasteiger partial charge in [0.1, 0.15) is 0 Å². The molecule has 0 fully saturated rings. The Labute approximate surface area is 131 Å². The van der Waals surface area contributed by atoms with Crippen LogP contribution in [0.4, 0.5) is 5.69 Å². The van der Waals surface area contributed by atoms with Crippen molar-refractivity contribution in [1.29, 1.82) is 5.26 Å². The van der Waals surface area contributed by atoms with E-state index >= 15 is 0 Å². The zero-order valence-electron chi connectivity index (χ0n) is 12.8. The molecule has 0 aliphatic rings. The Morgan fingerprint density at radius 3 is 2.65 bits per heavy atom. The zero-order valence-corrected chi connectivity index (χ0v) is 14.4. The Morgan fingerprint density at radius 1 is 1.40 bits per heavy atom. The molecule has 2 unspecified atom stereocenters. The van der Waals surface area contributed by atoms with Gasteiger partial charge in [-0.1, -0.05) is 13.0 Å². The third kappa shape index (κ3) is 4.81. The molecule has 0 amide bonds. The molecule has 0 heterocycles. The summed E-state index contributed by atoms with van der Waals surface area (Å²) >= 11 is 3.64. The number of hydrogen-bond acceptors (Lipinski definition) is 3. The van der Waals surface area contributed by atoms with E-state index in [0.717, 1.165) is 29.7 Å². The van der Waals surface area contributed by atoms with Crippen LogP contribution >= 0.6 is 15.9 Å². The zero-order chi connectivity index (χ0) is 15.1. The average molecular weight is 338 g/mol. The second-order valence-electron chi connectivity index (χ2n) is 5.30. The highest BCUT2D eigenvalue weighted by atomic mass is 79.9. The molecular weight excluding hydrogens is 314 g/mol. The van der Waals surface area contributed by atoms with Gasteiger partial charge in [-0.15, -0.1) is 0 Å². The highest BCUT2D eigenvalue weighted by Gasteiger charge is 2.12. The number of halogens is 1. The van der Waals surface area contributed by atoms with Crippen LogP contribution in [0, 0.1) is 17.2 Å². The first-order valence-corrected chi connectivity index (χ1v) is 7.92. The second kappa shape index (κ2) is 8.28. The van der Waals surface area contributed by atoms with Crippen LogP contribution in [0.2, 0.25) is 0 Å². The van der Waals surface area contributed by atoms with Crippen LogP contribution in [-0.4, -0.2) is 20.1 Å². The van der Waals surface area contributed by atoms with Crippen molar-refractivity contribution in [2.75, 3.05) is 25.0 Å². The predicted molar refractivity (Wildman–Crippen MR) is 88.9 cm³/mol. The lowest BCUT2D eigenvalue weighted by molar-refractivity contribution is 0.570. The molecule has 1 aromatic rings. The van der Waals surface area contributed by atoms with Crippen molar-refractivity contribution >= 4 is 21.6 Å². The summed E-state index contributed by atoms with van der Waals surface area (Å²) in [5, 5.41) is 12.4. The van der Waals surface area contributed by atoms with Crippen LogP contribution in [0.3, 0.4) is 0 Å². The van der Waals surface area contributed by atoms with Gasteiger partial charge in [0.15, 0.2) is 0 Å². The Morgan fingerprint density at radius 2 is 2.10 bits per heavy atom. The highest BCUT2D eigenvalue weighted by Crippen LogP contribution is 2.29. The summed E-state index contributed by atoms with van der Waals surface area (Å²) in [7, 11) is 2.02. The number of hydrogen-bond donors (Lipinski definition) is 1. The maximum Gasteiger partial charge on any atom is 0.0671 e. The number of anilines is 1. The quantitative estimate of drug-likeness (QED) is 0.813. The topological polar surface area (TPSA) is 39.1 Å². The molecule has 110 valence electrons. The molecule has 1 N–H and O–H groups in total. The minimum absolute atomic E-state index is 0.0247. The molecule has 0 aliphatic heterocycles. The second-order valence-corrected chi connectivity index (χ2v) is 6.15. The van der Waals surface area contributed by atoms with Crippen LogP contribution in [0.1, 0.15) is 38.8 Å². The van der Waals surface area contributed by atoms with Crippen LogP contribution in [-0.2, 0) is 0 Å². The Hall–Kier alpha value is -1.05. The standard InChI is InChI=1S/C16H24BrN3/c1-5-8-19-13(3)14-6-7-16(15(17)9-14)20(4)11-12(2)10-18/h6-7,9,12-13,19H,5,8,11H2,1-4H3. The van der Waals surface area contributed by atoms with Crippen molar-refractivity contribution in [3.63, 3.8) is 0 Å². The fraction of sp³-hybridized carbons (Fsp3) is 0.562. The van der Waals surface area contributed by atoms with Gasteiger partial charge in [-0.05, 0) is 60.4 Å². The van der Waals surface area contributed by atoms with Crippen molar-refractivity contribution in [3.8, 4) is 6.07 Å². The fourth-order valence-electron chi connectivity index (χ4n) is 2.13. The summed E-state index contributed by atoms with van der Waals surface area (Å²) in [5.74, 6) is 0.0247. The minimum Gasteiger partial charge on any atom is -0.372 e. The largest absolute Gasteiger partial charge is 0.372 e. The summed E-state index contributed by atoms with van der Waals surface area (Å²) < 4.78 is 1.08. The number of nitriles is 1. The molecule has 4 heteroatoms. The molecule has 0 aromatic heterocycles. The van der Waals surface area contributed by atoms with Crippen LogP contribution < -0.4 is 10.2 Å². The summed E-state index contributed by atoms with van der Waals surface area (Å²) in [6, 6.07) is 9.06. The molecule has 0 saturated carbocycles. The van der Waals surface area contributed by atoms with Crippen molar-refractivity contribution in [2.45, 2.75) is 33.2 Å². The third-order valence-electron chi connectivity index (χ3n) is 3.35. The van der Waals surface area contributed by atoms with E-state index in [2.05, 4.69) is 64.3 Å². The number of benzene rings is 1. The van der Waals surface area contributed by atoms with E-state index in [1.165, 1.54) is 5.56 Å². The number of nitrogens with zero attached hydrogens (tertiary/aromatic N) is 2. The minimum atomic E-state index is 0.0247. The normalized spacial score (nSPS) is 13.6. The van der Waals surface area contributed by atoms with Crippen LogP contribution in [0.5, 0.6) is 0 Å². The summed E-state index contributed by atoms with van der Waals surface area (Å²) in [6.07, 6.45) is 1.14. The first-order chi connectivity index (χ1) is 9.49. The van der Waals surface area contributed by atoms with E-state index in [0.29, 0.717) is 6.04 Å². The van der Waals surface area contributed by atoms with E-state index in [1.807, 2.05) is 14.0 Å². The maximum absolute atomic E-state index is 8.90. The van der Waals surface area contributed by atoms with E-state index in [4.69, 9.17) is 5.26 Å². The summed E-state index contributed by atoms with van der Waals surface area (Å²) in [4.78, 5) is 2.12.